The van der Waals surface area contributed by atoms with Crippen LogP contribution in [0.4, 0.5) is 5.69 Å². The standard InChI is InChI=1S/C19H23NO4/c1-3-12-24-18-7-5-4-6-17(18)19(21)20-15-8-10-16(11-9-15)23-14-13-22-2/h4-11H,3,12-14H2,1-2H3,(H,20,21). The fourth-order valence-corrected chi connectivity index (χ4v) is 2.07. The van der Waals surface area contributed by atoms with Crippen LogP contribution in [0.25, 0.3) is 0 Å². The molecule has 0 saturated heterocycles. The van der Waals surface area contributed by atoms with Crippen molar-refractivity contribution in [2.24, 2.45) is 0 Å². The van der Waals surface area contributed by atoms with Crippen molar-refractivity contribution in [1.29, 1.82) is 0 Å². The van der Waals surface area contributed by atoms with Gasteiger partial charge in [0.15, 0.2) is 0 Å². The van der Waals surface area contributed by atoms with Crippen LogP contribution in [0.2, 0.25) is 0 Å². The van der Waals surface area contributed by atoms with Crippen LogP contribution in [0.15, 0.2) is 48.5 Å². The van der Waals surface area contributed by atoms with Crippen LogP contribution in [0.3, 0.4) is 0 Å². The maximum atomic E-state index is 12.5. The maximum Gasteiger partial charge on any atom is 0.259 e. The van der Waals surface area contributed by atoms with Gasteiger partial charge in [-0.15, -0.1) is 0 Å². The summed E-state index contributed by atoms with van der Waals surface area (Å²) in [4.78, 5) is 12.5. The van der Waals surface area contributed by atoms with Crippen molar-refractivity contribution in [3.8, 4) is 11.5 Å². The Morgan fingerprint density at radius 1 is 0.958 bits per heavy atom. The third-order valence-corrected chi connectivity index (χ3v) is 3.26. The molecule has 2 aromatic carbocycles. The zero-order chi connectivity index (χ0) is 17.2. The molecule has 0 bridgehead atoms. The lowest BCUT2D eigenvalue weighted by Crippen LogP contribution is -2.14. The quantitative estimate of drug-likeness (QED) is 0.712. The molecule has 2 rings (SSSR count). The highest BCUT2D eigenvalue weighted by Gasteiger charge is 2.12. The normalized spacial score (nSPS) is 10.2. The van der Waals surface area contributed by atoms with Gasteiger partial charge in [-0.2, -0.15) is 0 Å². The van der Waals surface area contributed by atoms with Gasteiger partial charge in [-0.05, 0) is 42.8 Å². The molecule has 0 spiro atoms. The average Bonchev–Trinajstić information content (AvgIpc) is 2.62. The van der Waals surface area contributed by atoms with Crippen LogP contribution in [0, 0.1) is 0 Å². The van der Waals surface area contributed by atoms with Crippen molar-refractivity contribution in [3.05, 3.63) is 54.1 Å². The predicted octanol–water partition coefficient (Wildman–Crippen LogP) is 3.75. The topological polar surface area (TPSA) is 56.8 Å². The molecular weight excluding hydrogens is 306 g/mol. The van der Waals surface area contributed by atoms with Crippen LogP contribution < -0.4 is 14.8 Å². The van der Waals surface area contributed by atoms with E-state index < -0.39 is 0 Å². The first-order valence-corrected chi connectivity index (χ1v) is 7.99. The molecule has 0 radical (unpaired) electrons. The molecular formula is C19H23NO4. The number of nitrogens with one attached hydrogen (secondary N) is 1. The number of rotatable bonds is 9. The summed E-state index contributed by atoms with van der Waals surface area (Å²) in [6.45, 7) is 3.63. The SMILES string of the molecule is CCCOc1ccccc1C(=O)Nc1ccc(OCCOC)cc1. The lowest BCUT2D eigenvalue weighted by Gasteiger charge is -2.11. The Bertz CT molecular complexity index is 640. The molecule has 0 fully saturated rings. The van der Waals surface area contributed by atoms with Gasteiger partial charge in [-0.1, -0.05) is 19.1 Å². The highest BCUT2D eigenvalue weighted by atomic mass is 16.5. The van der Waals surface area contributed by atoms with E-state index in [-0.39, 0.29) is 5.91 Å². The fourth-order valence-electron chi connectivity index (χ4n) is 2.07. The van der Waals surface area contributed by atoms with Gasteiger partial charge in [0.05, 0.1) is 18.8 Å². The maximum absolute atomic E-state index is 12.5. The van der Waals surface area contributed by atoms with E-state index in [9.17, 15) is 4.79 Å². The van der Waals surface area contributed by atoms with Crippen LogP contribution in [0.5, 0.6) is 11.5 Å². The molecule has 2 aromatic rings. The number of anilines is 1. The molecule has 128 valence electrons. The molecule has 0 unspecified atom stereocenters. The number of amides is 1. The Morgan fingerprint density at radius 2 is 1.71 bits per heavy atom. The molecule has 0 atom stereocenters. The molecule has 0 aliphatic rings. The molecule has 5 nitrogen and oxygen atoms in total. The van der Waals surface area contributed by atoms with E-state index in [1.54, 1.807) is 31.4 Å². The third kappa shape index (κ3) is 5.28. The monoisotopic (exact) mass is 329 g/mol. The van der Waals surface area contributed by atoms with E-state index in [4.69, 9.17) is 14.2 Å². The fraction of sp³-hybridized carbons (Fsp3) is 0.316. The summed E-state index contributed by atoms with van der Waals surface area (Å²) in [5.41, 5.74) is 1.22. The molecule has 0 heterocycles. The molecule has 24 heavy (non-hydrogen) atoms. The second-order valence-electron chi connectivity index (χ2n) is 5.16. The van der Waals surface area contributed by atoms with Gasteiger partial charge in [-0.3, -0.25) is 4.79 Å². The number of para-hydroxylation sites is 1. The smallest absolute Gasteiger partial charge is 0.259 e. The summed E-state index contributed by atoms with van der Waals surface area (Å²) < 4.78 is 16.1. The molecule has 0 aliphatic heterocycles. The van der Waals surface area contributed by atoms with E-state index in [1.165, 1.54) is 0 Å². The number of carbonyl (C=O) groups excluding carboxylic acids is 1. The van der Waals surface area contributed by atoms with E-state index in [1.807, 2.05) is 31.2 Å². The van der Waals surface area contributed by atoms with Gasteiger partial charge in [0.1, 0.15) is 18.1 Å². The predicted molar refractivity (Wildman–Crippen MR) is 94.0 cm³/mol. The largest absolute Gasteiger partial charge is 0.493 e. The van der Waals surface area contributed by atoms with Gasteiger partial charge in [0.2, 0.25) is 0 Å². The van der Waals surface area contributed by atoms with Crippen molar-refractivity contribution in [2.45, 2.75) is 13.3 Å². The van der Waals surface area contributed by atoms with Crippen molar-refractivity contribution >= 4 is 11.6 Å². The minimum atomic E-state index is -0.199. The van der Waals surface area contributed by atoms with E-state index in [0.717, 1.165) is 12.2 Å². The van der Waals surface area contributed by atoms with Crippen LogP contribution in [-0.2, 0) is 4.74 Å². The first-order chi connectivity index (χ1) is 11.7. The zero-order valence-electron chi connectivity index (χ0n) is 14.1. The van der Waals surface area contributed by atoms with Crippen molar-refractivity contribution < 1.29 is 19.0 Å². The van der Waals surface area contributed by atoms with Crippen LogP contribution in [-0.4, -0.2) is 32.8 Å². The summed E-state index contributed by atoms with van der Waals surface area (Å²) in [6.07, 6.45) is 0.889. The number of benzene rings is 2. The van der Waals surface area contributed by atoms with Gasteiger partial charge < -0.3 is 19.5 Å². The van der Waals surface area contributed by atoms with Crippen molar-refractivity contribution in [1.82, 2.24) is 0 Å². The van der Waals surface area contributed by atoms with Crippen molar-refractivity contribution in [2.75, 3.05) is 32.2 Å². The lowest BCUT2D eigenvalue weighted by molar-refractivity contribution is 0.102. The van der Waals surface area contributed by atoms with Crippen LogP contribution >= 0.6 is 0 Å². The minimum Gasteiger partial charge on any atom is -0.493 e. The van der Waals surface area contributed by atoms with Gasteiger partial charge >= 0.3 is 0 Å². The average molecular weight is 329 g/mol. The highest BCUT2D eigenvalue weighted by Crippen LogP contribution is 2.21. The minimum absolute atomic E-state index is 0.199. The Morgan fingerprint density at radius 3 is 2.42 bits per heavy atom. The summed E-state index contributed by atoms with van der Waals surface area (Å²) in [5.74, 6) is 1.13. The molecule has 0 aromatic heterocycles. The first kappa shape index (κ1) is 17.8. The molecule has 0 saturated carbocycles. The summed E-state index contributed by atoms with van der Waals surface area (Å²) in [7, 11) is 1.63. The van der Waals surface area contributed by atoms with E-state index in [0.29, 0.717) is 36.8 Å². The van der Waals surface area contributed by atoms with Gasteiger partial charge in [-0.25, -0.2) is 0 Å². The summed E-state index contributed by atoms with van der Waals surface area (Å²) >= 11 is 0. The van der Waals surface area contributed by atoms with Gasteiger partial charge in [0.25, 0.3) is 5.91 Å². The molecule has 1 N–H and O–H groups in total. The number of hydrogen-bond acceptors (Lipinski definition) is 4. The number of carbonyl (C=O) groups is 1. The highest BCUT2D eigenvalue weighted by molar-refractivity contribution is 6.06. The molecule has 0 aliphatic carbocycles. The Balaban J connectivity index is 1.99. The number of ether oxygens (including phenoxy) is 3. The third-order valence-electron chi connectivity index (χ3n) is 3.26. The second kappa shape index (κ2) is 9.57. The van der Waals surface area contributed by atoms with E-state index >= 15 is 0 Å². The number of hydrogen-bond donors (Lipinski definition) is 1. The second-order valence-corrected chi connectivity index (χ2v) is 5.16. The lowest BCUT2D eigenvalue weighted by atomic mass is 10.2. The summed E-state index contributed by atoms with van der Waals surface area (Å²) in [6, 6.07) is 14.5. The molecule has 1 amide bonds. The van der Waals surface area contributed by atoms with Crippen LogP contribution in [0.1, 0.15) is 23.7 Å². The Kier molecular flexibility index (Phi) is 7.11. The zero-order valence-corrected chi connectivity index (χ0v) is 14.1. The van der Waals surface area contributed by atoms with E-state index in [2.05, 4.69) is 5.32 Å². The Labute approximate surface area is 142 Å². The number of methoxy groups -OCH3 is 1. The Hall–Kier alpha value is -2.53. The van der Waals surface area contributed by atoms with Crippen molar-refractivity contribution in [3.63, 3.8) is 0 Å². The summed E-state index contributed by atoms with van der Waals surface area (Å²) in [5, 5.41) is 2.87. The van der Waals surface area contributed by atoms with Gasteiger partial charge in [0, 0.05) is 12.8 Å². The molecule has 5 heteroatoms. The first-order valence-electron chi connectivity index (χ1n) is 7.99.